The first kappa shape index (κ1) is 17.5. The predicted molar refractivity (Wildman–Crippen MR) is 105 cm³/mol. The molecule has 2 aromatic heterocycles. The van der Waals surface area contributed by atoms with Gasteiger partial charge in [-0.1, -0.05) is 11.6 Å². The van der Waals surface area contributed by atoms with Gasteiger partial charge in [-0.3, -0.25) is 9.80 Å². The van der Waals surface area contributed by atoms with Crippen LogP contribution in [-0.2, 0) is 6.54 Å². The molecule has 8 heteroatoms. The van der Waals surface area contributed by atoms with Crippen molar-refractivity contribution in [3.8, 4) is 11.5 Å². The third kappa shape index (κ3) is 2.66. The van der Waals surface area contributed by atoms with Crippen LogP contribution < -0.4 is 19.3 Å². The van der Waals surface area contributed by atoms with Gasteiger partial charge < -0.3 is 14.5 Å². The van der Waals surface area contributed by atoms with Crippen LogP contribution in [0.15, 0.2) is 24.4 Å². The number of benzene rings is 1. The number of hydrogen-bond donors (Lipinski definition) is 1. The number of aryl methyl sites for hydroxylation is 1. The monoisotopic (exact) mass is 386 g/mol. The van der Waals surface area contributed by atoms with E-state index < -0.39 is 0 Å². The van der Waals surface area contributed by atoms with Crippen molar-refractivity contribution in [2.75, 3.05) is 31.1 Å². The lowest BCUT2D eigenvalue weighted by molar-refractivity contribution is 0.251. The van der Waals surface area contributed by atoms with Gasteiger partial charge in [0.2, 0.25) is 0 Å². The van der Waals surface area contributed by atoms with Gasteiger partial charge in [0, 0.05) is 42.0 Å². The standard InChI is InChI=1S/C19H19ClN4O3/c1-10-5-13-17-11(8-21-18(13)22-10)9-24(19(25)23(17)2)14-6-12(26-3)7-15(27-4)16(14)20/h5-8H,9H2,1-4H3,(H,21,22). The highest BCUT2D eigenvalue weighted by Crippen LogP contribution is 2.42. The second-order valence-electron chi connectivity index (χ2n) is 6.44. The predicted octanol–water partition coefficient (Wildman–Crippen LogP) is 4.12. The Labute approximate surface area is 161 Å². The smallest absolute Gasteiger partial charge is 0.329 e. The van der Waals surface area contributed by atoms with Crippen molar-refractivity contribution in [3.05, 3.63) is 40.7 Å². The molecule has 3 aromatic rings. The fraction of sp³-hybridized carbons (Fsp3) is 0.263. The third-order valence-corrected chi connectivity index (χ3v) is 5.14. The lowest BCUT2D eigenvalue weighted by Crippen LogP contribution is -2.45. The van der Waals surface area contributed by atoms with Gasteiger partial charge in [-0.15, -0.1) is 0 Å². The van der Waals surface area contributed by atoms with Crippen molar-refractivity contribution in [2.45, 2.75) is 13.5 Å². The Morgan fingerprint density at radius 2 is 2.00 bits per heavy atom. The second kappa shape index (κ2) is 6.35. The zero-order valence-electron chi connectivity index (χ0n) is 15.5. The molecule has 0 unspecified atom stereocenters. The van der Waals surface area contributed by atoms with Gasteiger partial charge in [0.05, 0.1) is 32.1 Å². The number of amides is 2. The Morgan fingerprint density at radius 1 is 1.22 bits per heavy atom. The highest BCUT2D eigenvalue weighted by atomic mass is 35.5. The number of methoxy groups -OCH3 is 2. The molecule has 0 atom stereocenters. The molecular formula is C19H19ClN4O3. The number of H-pyrrole nitrogens is 1. The van der Waals surface area contributed by atoms with Gasteiger partial charge in [0.1, 0.15) is 22.2 Å². The van der Waals surface area contributed by atoms with Crippen molar-refractivity contribution < 1.29 is 14.3 Å². The number of ether oxygens (including phenoxy) is 2. The second-order valence-corrected chi connectivity index (χ2v) is 6.82. The normalized spacial score (nSPS) is 13.9. The number of rotatable bonds is 3. The molecule has 0 saturated carbocycles. The number of anilines is 2. The van der Waals surface area contributed by atoms with Crippen LogP contribution in [0, 0.1) is 6.92 Å². The first-order valence-electron chi connectivity index (χ1n) is 8.38. The van der Waals surface area contributed by atoms with Gasteiger partial charge in [0.15, 0.2) is 0 Å². The number of pyridine rings is 1. The maximum absolute atomic E-state index is 13.2. The summed E-state index contributed by atoms with van der Waals surface area (Å²) in [5, 5.41) is 1.28. The molecule has 0 spiro atoms. The Morgan fingerprint density at radius 3 is 2.70 bits per heavy atom. The molecule has 4 rings (SSSR count). The van der Waals surface area contributed by atoms with E-state index in [4.69, 9.17) is 21.1 Å². The zero-order valence-corrected chi connectivity index (χ0v) is 16.2. The summed E-state index contributed by atoms with van der Waals surface area (Å²) in [6.07, 6.45) is 1.79. The Balaban J connectivity index is 1.86. The summed E-state index contributed by atoms with van der Waals surface area (Å²) < 4.78 is 10.7. The SMILES string of the molecule is COc1cc(OC)c(Cl)c(N2Cc3cnc4[nH]c(C)cc4c3N(C)C2=O)c1. The number of halogens is 1. The minimum atomic E-state index is -0.189. The fourth-order valence-electron chi connectivity index (χ4n) is 3.47. The molecule has 7 nitrogen and oxygen atoms in total. The van der Waals surface area contributed by atoms with Crippen molar-refractivity contribution in [2.24, 2.45) is 0 Å². The van der Waals surface area contributed by atoms with E-state index in [0.717, 1.165) is 28.0 Å². The van der Waals surface area contributed by atoms with Crippen LogP contribution >= 0.6 is 11.6 Å². The lowest BCUT2D eigenvalue weighted by atomic mass is 10.1. The van der Waals surface area contributed by atoms with E-state index >= 15 is 0 Å². The number of carbonyl (C=O) groups excluding carboxylic acids is 1. The van der Waals surface area contributed by atoms with Crippen molar-refractivity contribution in [3.63, 3.8) is 0 Å². The molecule has 3 heterocycles. The number of nitrogens with zero attached hydrogens (tertiary/aromatic N) is 3. The number of aromatic amines is 1. The summed E-state index contributed by atoms with van der Waals surface area (Å²) in [5.74, 6) is 1.00. The fourth-order valence-corrected chi connectivity index (χ4v) is 3.76. The van der Waals surface area contributed by atoms with Crippen LogP contribution in [0.5, 0.6) is 11.5 Å². The highest BCUT2D eigenvalue weighted by molar-refractivity contribution is 6.35. The topological polar surface area (TPSA) is 70.7 Å². The molecule has 0 radical (unpaired) electrons. The van der Waals surface area contributed by atoms with E-state index in [0.29, 0.717) is 28.8 Å². The van der Waals surface area contributed by atoms with E-state index in [1.807, 2.05) is 13.0 Å². The van der Waals surface area contributed by atoms with Crippen LogP contribution in [0.25, 0.3) is 11.0 Å². The molecule has 1 aromatic carbocycles. The van der Waals surface area contributed by atoms with Crippen molar-refractivity contribution in [1.82, 2.24) is 9.97 Å². The van der Waals surface area contributed by atoms with Crippen LogP contribution in [0.3, 0.4) is 0 Å². The van der Waals surface area contributed by atoms with E-state index in [-0.39, 0.29) is 6.03 Å². The van der Waals surface area contributed by atoms with Crippen LogP contribution in [0.2, 0.25) is 5.02 Å². The molecule has 0 saturated heterocycles. The highest BCUT2D eigenvalue weighted by Gasteiger charge is 2.33. The Bertz CT molecular complexity index is 1060. The first-order chi connectivity index (χ1) is 12.9. The van der Waals surface area contributed by atoms with Crippen LogP contribution in [-0.4, -0.2) is 37.3 Å². The van der Waals surface area contributed by atoms with E-state index in [1.54, 1.807) is 42.3 Å². The molecular weight excluding hydrogens is 368 g/mol. The maximum Gasteiger partial charge on any atom is 0.329 e. The van der Waals surface area contributed by atoms with Gasteiger partial charge in [-0.2, -0.15) is 0 Å². The van der Waals surface area contributed by atoms with Crippen LogP contribution in [0.4, 0.5) is 16.2 Å². The number of carbonyl (C=O) groups is 1. The van der Waals surface area contributed by atoms with Crippen molar-refractivity contribution in [1.29, 1.82) is 0 Å². The number of nitrogens with one attached hydrogen (secondary N) is 1. The molecule has 2 amide bonds. The average Bonchev–Trinajstić information content (AvgIpc) is 3.05. The summed E-state index contributed by atoms with van der Waals surface area (Å²) in [4.78, 5) is 24.1. The summed E-state index contributed by atoms with van der Waals surface area (Å²) in [6.45, 7) is 2.31. The Hall–Kier alpha value is -2.93. The number of aromatic nitrogens is 2. The third-order valence-electron chi connectivity index (χ3n) is 4.76. The minimum Gasteiger partial charge on any atom is -0.497 e. The maximum atomic E-state index is 13.2. The number of hydrogen-bond acceptors (Lipinski definition) is 4. The van der Waals surface area contributed by atoms with Crippen LogP contribution in [0.1, 0.15) is 11.3 Å². The molecule has 0 fully saturated rings. The van der Waals surface area contributed by atoms with Gasteiger partial charge in [0.25, 0.3) is 0 Å². The molecule has 27 heavy (non-hydrogen) atoms. The summed E-state index contributed by atoms with van der Waals surface area (Å²) in [5.41, 5.74) is 4.08. The summed E-state index contributed by atoms with van der Waals surface area (Å²) >= 11 is 6.50. The van der Waals surface area contributed by atoms with E-state index in [1.165, 1.54) is 7.11 Å². The number of fused-ring (bicyclic) bond motifs is 3. The summed E-state index contributed by atoms with van der Waals surface area (Å²) in [7, 11) is 4.83. The van der Waals surface area contributed by atoms with Gasteiger partial charge in [-0.05, 0) is 13.0 Å². The van der Waals surface area contributed by atoms with Crippen molar-refractivity contribution >= 4 is 40.0 Å². The summed E-state index contributed by atoms with van der Waals surface area (Å²) in [6, 6.07) is 5.23. The lowest BCUT2D eigenvalue weighted by Gasteiger charge is -2.35. The largest absolute Gasteiger partial charge is 0.497 e. The zero-order chi connectivity index (χ0) is 19.3. The molecule has 0 aliphatic carbocycles. The molecule has 1 aliphatic heterocycles. The van der Waals surface area contributed by atoms with E-state index in [9.17, 15) is 4.79 Å². The quantitative estimate of drug-likeness (QED) is 0.735. The van der Waals surface area contributed by atoms with Gasteiger partial charge >= 0.3 is 6.03 Å². The molecule has 1 aliphatic rings. The minimum absolute atomic E-state index is 0.189. The molecule has 1 N–H and O–H groups in total. The number of urea groups is 1. The van der Waals surface area contributed by atoms with Gasteiger partial charge in [-0.25, -0.2) is 9.78 Å². The average molecular weight is 387 g/mol. The van der Waals surface area contributed by atoms with E-state index in [2.05, 4.69) is 9.97 Å². The molecule has 140 valence electrons. The Kier molecular flexibility index (Phi) is 4.11. The molecule has 0 bridgehead atoms. The first-order valence-corrected chi connectivity index (χ1v) is 8.76.